The van der Waals surface area contributed by atoms with Crippen LogP contribution in [0.15, 0.2) is 30.3 Å². The number of imide groups is 1. The maximum Gasteiger partial charge on any atom is 0.257 e. The van der Waals surface area contributed by atoms with E-state index in [4.69, 9.17) is 5.26 Å². The van der Waals surface area contributed by atoms with Crippen molar-refractivity contribution in [1.29, 1.82) is 5.26 Å². The average molecular weight is 242 g/mol. The van der Waals surface area contributed by atoms with Crippen molar-refractivity contribution in [2.24, 2.45) is 11.8 Å². The fourth-order valence-corrected chi connectivity index (χ4v) is 1.86. The molecule has 0 saturated heterocycles. The number of hydrogen-bond donors (Lipinski definition) is 1. The number of rotatable bonds is 4. The van der Waals surface area contributed by atoms with Gasteiger partial charge in [-0.05, 0) is 30.9 Å². The smallest absolute Gasteiger partial charge is 0.257 e. The number of amides is 2. The lowest BCUT2D eigenvalue weighted by Crippen LogP contribution is -2.31. The van der Waals surface area contributed by atoms with Gasteiger partial charge in [0.25, 0.3) is 5.91 Å². The standard InChI is InChI=1S/C14H14N2O2/c15-9-12(10-6-7-10)8-13(17)16-14(18)11-4-2-1-3-5-11/h1-5,10,12H,6-8H2,(H,16,17,18)/t12-/m1/s1. The summed E-state index contributed by atoms with van der Waals surface area (Å²) in [4.78, 5) is 23.3. The van der Waals surface area contributed by atoms with E-state index >= 15 is 0 Å². The molecule has 1 aromatic carbocycles. The van der Waals surface area contributed by atoms with E-state index < -0.39 is 5.91 Å². The Kier molecular flexibility index (Phi) is 3.73. The highest BCUT2D eigenvalue weighted by atomic mass is 16.2. The molecule has 18 heavy (non-hydrogen) atoms. The third kappa shape index (κ3) is 3.17. The molecule has 1 aromatic rings. The van der Waals surface area contributed by atoms with E-state index in [2.05, 4.69) is 11.4 Å². The van der Waals surface area contributed by atoms with Crippen molar-refractivity contribution in [3.05, 3.63) is 35.9 Å². The molecule has 0 spiro atoms. The molecule has 0 unspecified atom stereocenters. The second-order valence-electron chi connectivity index (χ2n) is 4.52. The van der Waals surface area contributed by atoms with Crippen LogP contribution < -0.4 is 5.32 Å². The Morgan fingerprint density at radius 2 is 2.00 bits per heavy atom. The van der Waals surface area contributed by atoms with Crippen LogP contribution in [0.2, 0.25) is 0 Å². The monoisotopic (exact) mass is 242 g/mol. The Hall–Kier alpha value is -2.15. The maximum atomic E-state index is 11.7. The highest BCUT2D eigenvalue weighted by molar-refractivity contribution is 6.04. The summed E-state index contributed by atoms with van der Waals surface area (Å²) < 4.78 is 0. The van der Waals surface area contributed by atoms with Crippen LogP contribution in [0.3, 0.4) is 0 Å². The van der Waals surface area contributed by atoms with Gasteiger partial charge in [0.05, 0.1) is 12.0 Å². The van der Waals surface area contributed by atoms with Crippen LogP contribution in [0.4, 0.5) is 0 Å². The minimum atomic E-state index is -0.409. The van der Waals surface area contributed by atoms with Crippen LogP contribution >= 0.6 is 0 Å². The highest BCUT2D eigenvalue weighted by Gasteiger charge is 2.32. The number of nitrogens with zero attached hydrogens (tertiary/aromatic N) is 1. The molecule has 4 nitrogen and oxygen atoms in total. The van der Waals surface area contributed by atoms with Crippen LogP contribution in [0, 0.1) is 23.2 Å². The van der Waals surface area contributed by atoms with Gasteiger partial charge in [0.15, 0.2) is 0 Å². The lowest BCUT2D eigenvalue weighted by molar-refractivity contribution is -0.120. The maximum absolute atomic E-state index is 11.7. The van der Waals surface area contributed by atoms with Crippen LogP contribution in [0.1, 0.15) is 29.6 Å². The van der Waals surface area contributed by atoms with Gasteiger partial charge in [-0.25, -0.2) is 0 Å². The lowest BCUT2D eigenvalue weighted by Gasteiger charge is -2.07. The molecule has 0 aromatic heterocycles. The zero-order valence-electron chi connectivity index (χ0n) is 9.93. The second-order valence-corrected chi connectivity index (χ2v) is 4.52. The molecule has 1 atom stereocenters. The Balaban J connectivity index is 1.88. The van der Waals surface area contributed by atoms with Gasteiger partial charge in [-0.2, -0.15) is 5.26 Å². The predicted octanol–water partition coefficient (Wildman–Crippen LogP) is 1.88. The second kappa shape index (κ2) is 5.46. The normalized spacial score (nSPS) is 15.5. The lowest BCUT2D eigenvalue weighted by atomic mass is 10.0. The van der Waals surface area contributed by atoms with Crippen molar-refractivity contribution < 1.29 is 9.59 Å². The third-order valence-corrected chi connectivity index (χ3v) is 3.05. The van der Waals surface area contributed by atoms with Gasteiger partial charge >= 0.3 is 0 Å². The largest absolute Gasteiger partial charge is 0.292 e. The minimum Gasteiger partial charge on any atom is -0.292 e. The first kappa shape index (κ1) is 12.3. The summed E-state index contributed by atoms with van der Waals surface area (Å²) in [7, 11) is 0. The summed E-state index contributed by atoms with van der Waals surface area (Å²) in [6, 6.07) is 10.7. The van der Waals surface area contributed by atoms with Gasteiger partial charge in [0.1, 0.15) is 0 Å². The van der Waals surface area contributed by atoms with Crippen LogP contribution in [0.25, 0.3) is 0 Å². The fraction of sp³-hybridized carbons (Fsp3) is 0.357. The van der Waals surface area contributed by atoms with Gasteiger partial charge < -0.3 is 0 Å². The molecule has 2 rings (SSSR count). The summed E-state index contributed by atoms with van der Waals surface area (Å²) in [6.07, 6.45) is 2.13. The predicted molar refractivity (Wildman–Crippen MR) is 65.4 cm³/mol. The molecule has 92 valence electrons. The number of benzene rings is 1. The Bertz CT molecular complexity index is 486. The first-order chi connectivity index (χ1) is 8.70. The van der Waals surface area contributed by atoms with Gasteiger partial charge in [-0.15, -0.1) is 0 Å². The zero-order chi connectivity index (χ0) is 13.0. The SMILES string of the molecule is N#C[C@@H](CC(=O)NC(=O)c1ccccc1)C1CC1. The zero-order valence-corrected chi connectivity index (χ0v) is 9.93. The van der Waals surface area contributed by atoms with E-state index in [1.54, 1.807) is 30.3 Å². The van der Waals surface area contributed by atoms with E-state index in [-0.39, 0.29) is 18.2 Å². The van der Waals surface area contributed by atoms with Crippen LogP contribution in [-0.4, -0.2) is 11.8 Å². The molecule has 0 bridgehead atoms. The van der Waals surface area contributed by atoms with Crippen molar-refractivity contribution in [2.75, 3.05) is 0 Å². The van der Waals surface area contributed by atoms with Crippen molar-refractivity contribution in [3.8, 4) is 6.07 Å². The number of hydrogen-bond acceptors (Lipinski definition) is 3. The molecular weight excluding hydrogens is 228 g/mol. The summed E-state index contributed by atoms with van der Waals surface area (Å²) in [5.74, 6) is -0.698. The molecule has 0 radical (unpaired) electrons. The molecule has 0 heterocycles. The molecule has 0 aliphatic heterocycles. The van der Waals surface area contributed by atoms with Crippen molar-refractivity contribution in [2.45, 2.75) is 19.3 Å². The number of carbonyl (C=O) groups excluding carboxylic acids is 2. The van der Waals surface area contributed by atoms with Gasteiger partial charge in [-0.1, -0.05) is 18.2 Å². The average Bonchev–Trinajstić information content (AvgIpc) is 3.21. The van der Waals surface area contributed by atoms with Crippen molar-refractivity contribution in [1.82, 2.24) is 5.32 Å². The fourth-order valence-electron chi connectivity index (χ4n) is 1.86. The number of carbonyl (C=O) groups is 2. The first-order valence-corrected chi connectivity index (χ1v) is 5.99. The Morgan fingerprint density at radius 3 is 2.56 bits per heavy atom. The molecular formula is C14H14N2O2. The van der Waals surface area contributed by atoms with Crippen molar-refractivity contribution in [3.63, 3.8) is 0 Å². The Morgan fingerprint density at radius 1 is 1.33 bits per heavy atom. The Labute approximate surface area is 106 Å². The number of nitriles is 1. The third-order valence-electron chi connectivity index (χ3n) is 3.05. The van der Waals surface area contributed by atoms with Gasteiger partial charge in [-0.3, -0.25) is 14.9 Å². The highest BCUT2D eigenvalue weighted by Crippen LogP contribution is 2.38. The van der Waals surface area contributed by atoms with E-state index in [1.165, 1.54) is 0 Å². The summed E-state index contributed by atoms with van der Waals surface area (Å²) >= 11 is 0. The van der Waals surface area contributed by atoms with Crippen LogP contribution in [-0.2, 0) is 4.79 Å². The van der Waals surface area contributed by atoms with E-state index in [0.29, 0.717) is 11.5 Å². The van der Waals surface area contributed by atoms with Gasteiger partial charge in [0.2, 0.25) is 5.91 Å². The molecule has 1 saturated carbocycles. The molecule has 1 aliphatic carbocycles. The molecule has 1 fully saturated rings. The van der Waals surface area contributed by atoms with E-state index in [1.807, 2.05) is 0 Å². The van der Waals surface area contributed by atoms with E-state index in [0.717, 1.165) is 12.8 Å². The molecule has 4 heteroatoms. The minimum absolute atomic E-state index is 0.111. The quantitative estimate of drug-likeness (QED) is 0.876. The topological polar surface area (TPSA) is 70.0 Å². The summed E-state index contributed by atoms with van der Waals surface area (Å²) in [6.45, 7) is 0. The van der Waals surface area contributed by atoms with Crippen molar-refractivity contribution >= 4 is 11.8 Å². The molecule has 1 aliphatic rings. The number of nitrogens with one attached hydrogen (secondary N) is 1. The molecule has 1 N–H and O–H groups in total. The molecule has 2 amide bonds. The summed E-state index contributed by atoms with van der Waals surface area (Å²) in [5.41, 5.74) is 0.450. The summed E-state index contributed by atoms with van der Waals surface area (Å²) in [5, 5.41) is 11.2. The van der Waals surface area contributed by atoms with Gasteiger partial charge in [0, 0.05) is 12.0 Å². The first-order valence-electron chi connectivity index (χ1n) is 5.99. The van der Waals surface area contributed by atoms with Crippen LogP contribution in [0.5, 0.6) is 0 Å². The van der Waals surface area contributed by atoms with E-state index in [9.17, 15) is 9.59 Å².